The SMILES string of the molecule is Cn1nnnc1Sc1cc(NCc2ccc(-c3ccccc3)cc2)c2ccccc2c1O. The Balaban J connectivity index is 1.42. The van der Waals surface area contributed by atoms with Crippen molar-refractivity contribution in [2.24, 2.45) is 7.05 Å². The Morgan fingerprint density at radius 1 is 0.875 bits per heavy atom. The van der Waals surface area contributed by atoms with Crippen molar-refractivity contribution in [3.63, 3.8) is 0 Å². The highest BCUT2D eigenvalue weighted by Crippen LogP contribution is 2.41. The van der Waals surface area contributed by atoms with Crippen molar-refractivity contribution in [1.82, 2.24) is 20.2 Å². The van der Waals surface area contributed by atoms with E-state index in [1.807, 2.05) is 48.5 Å². The molecule has 0 fully saturated rings. The number of phenolic OH excluding ortho intramolecular Hbond substituents is 1. The van der Waals surface area contributed by atoms with E-state index in [4.69, 9.17) is 0 Å². The summed E-state index contributed by atoms with van der Waals surface area (Å²) < 4.78 is 1.58. The average Bonchev–Trinajstić information content (AvgIpc) is 3.25. The maximum absolute atomic E-state index is 10.9. The molecule has 0 atom stereocenters. The number of aromatic nitrogens is 4. The molecule has 0 amide bonds. The molecule has 0 saturated heterocycles. The molecule has 7 heteroatoms. The topological polar surface area (TPSA) is 75.9 Å². The minimum absolute atomic E-state index is 0.228. The van der Waals surface area contributed by atoms with Crippen molar-refractivity contribution in [3.05, 3.63) is 90.5 Å². The molecule has 0 saturated carbocycles. The summed E-state index contributed by atoms with van der Waals surface area (Å²) in [4.78, 5) is 0.698. The van der Waals surface area contributed by atoms with Crippen LogP contribution in [0, 0.1) is 0 Å². The van der Waals surface area contributed by atoms with Crippen LogP contribution in [-0.4, -0.2) is 25.3 Å². The van der Waals surface area contributed by atoms with Crippen LogP contribution in [0.1, 0.15) is 5.56 Å². The maximum atomic E-state index is 10.9. The number of phenols is 1. The summed E-state index contributed by atoms with van der Waals surface area (Å²) in [6.07, 6.45) is 0. The lowest BCUT2D eigenvalue weighted by Gasteiger charge is -2.14. The van der Waals surface area contributed by atoms with Gasteiger partial charge in [-0.05, 0) is 44.9 Å². The molecule has 0 aliphatic carbocycles. The van der Waals surface area contributed by atoms with Crippen LogP contribution in [0.25, 0.3) is 21.9 Å². The van der Waals surface area contributed by atoms with E-state index in [0.29, 0.717) is 16.6 Å². The molecule has 5 rings (SSSR count). The Morgan fingerprint density at radius 2 is 1.56 bits per heavy atom. The third-order valence-electron chi connectivity index (χ3n) is 5.31. The highest BCUT2D eigenvalue weighted by molar-refractivity contribution is 7.99. The van der Waals surface area contributed by atoms with Gasteiger partial charge in [-0.25, -0.2) is 4.68 Å². The first-order valence-electron chi connectivity index (χ1n) is 10.2. The first-order valence-corrected chi connectivity index (χ1v) is 11.0. The predicted octanol–water partition coefficient (Wildman–Crippen LogP) is 5.50. The number of benzene rings is 4. The number of nitrogens with one attached hydrogen (secondary N) is 1. The van der Waals surface area contributed by atoms with Crippen molar-refractivity contribution in [1.29, 1.82) is 0 Å². The van der Waals surface area contributed by atoms with Gasteiger partial charge in [-0.1, -0.05) is 78.9 Å². The smallest absolute Gasteiger partial charge is 0.213 e. The molecule has 158 valence electrons. The number of fused-ring (bicyclic) bond motifs is 1. The summed E-state index contributed by atoms with van der Waals surface area (Å²) in [6, 6.07) is 28.7. The van der Waals surface area contributed by atoms with Crippen LogP contribution < -0.4 is 5.32 Å². The Bertz CT molecular complexity index is 1370. The van der Waals surface area contributed by atoms with Crippen molar-refractivity contribution >= 4 is 28.2 Å². The highest BCUT2D eigenvalue weighted by Gasteiger charge is 2.15. The fourth-order valence-electron chi connectivity index (χ4n) is 3.61. The Morgan fingerprint density at radius 3 is 2.28 bits per heavy atom. The lowest BCUT2D eigenvalue weighted by molar-refractivity contribution is 0.469. The molecule has 5 aromatic rings. The van der Waals surface area contributed by atoms with Crippen LogP contribution in [0.15, 0.2) is 95.0 Å². The molecule has 0 aliphatic rings. The zero-order valence-electron chi connectivity index (χ0n) is 17.4. The summed E-state index contributed by atoms with van der Waals surface area (Å²) >= 11 is 1.33. The quantitative estimate of drug-likeness (QED) is 0.340. The van der Waals surface area contributed by atoms with Gasteiger partial charge >= 0.3 is 0 Å². The summed E-state index contributed by atoms with van der Waals surface area (Å²) in [7, 11) is 1.78. The van der Waals surface area contributed by atoms with Gasteiger partial charge in [0.15, 0.2) is 0 Å². The fourth-order valence-corrected chi connectivity index (χ4v) is 4.43. The number of hydrogen-bond donors (Lipinski definition) is 2. The highest BCUT2D eigenvalue weighted by atomic mass is 32.2. The minimum atomic E-state index is 0.228. The van der Waals surface area contributed by atoms with E-state index in [1.54, 1.807) is 11.7 Å². The molecular formula is C25H21N5OS. The maximum Gasteiger partial charge on any atom is 0.213 e. The van der Waals surface area contributed by atoms with Crippen molar-refractivity contribution in [2.75, 3.05) is 5.32 Å². The normalized spacial score (nSPS) is 11.0. The molecule has 0 spiro atoms. The molecule has 2 N–H and O–H groups in total. The number of aromatic hydroxyl groups is 1. The van der Waals surface area contributed by atoms with Gasteiger partial charge in [0, 0.05) is 30.1 Å². The monoisotopic (exact) mass is 439 g/mol. The van der Waals surface area contributed by atoms with Gasteiger partial charge in [-0.3, -0.25) is 0 Å². The van der Waals surface area contributed by atoms with E-state index in [9.17, 15) is 5.11 Å². The molecule has 32 heavy (non-hydrogen) atoms. The first kappa shape index (κ1) is 20.1. The van der Waals surface area contributed by atoms with Crippen LogP contribution in [-0.2, 0) is 13.6 Å². The standard InChI is InChI=1S/C25H21N5OS/c1-30-25(27-28-29-30)32-23-15-22(20-9-5-6-10-21(20)24(23)31)26-16-17-11-13-19(14-12-17)18-7-3-2-4-8-18/h2-15,26,31H,16H2,1H3. The Hall–Kier alpha value is -3.84. The Labute approximate surface area is 189 Å². The third kappa shape index (κ3) is 4.02. The van der Waals surface area contributed by atoms with Crippen molar-refractivity contribution in [2.45, 2.75) is 16.6 Å². The minimum Gasteiger partial charge on any atom is -0.506 e. The second kappa shape index (κ2) is 8.72. The molecular weight excluding hydrogens is 418 g/mol. The van der Waals surface area contributed by atoms with E-state index < -0.39 is 0 Å². The summed E-state index contributed by atoms with van der Waals surface area (Å²) in [5, 5.41) is 28.3. The van der Waals surface area contributed by atoms with Crippen LogP contribution in [0.2, 0.25) is 0 Å². The van der Waals surface area contributed by atoms with Gasteiger partial charge < -0.3 is 10.4 Å². The zero-order chi connectivity index (χ0) is 21.9. The van der Waals surface area contributed by atoms with E-state index in [-0.39, 0.29) is 5.75 Å². The number of nitrogens with zero attached hydrogens (tertiary/aromatic N) is 4. The van der Waals surface area contributed by atoms with Gasteiger partial charge in [0.05, 0.1) is 4.90 Å². The van der Waals surface area contributed by atoms with Crippen LogP contribution in [0.5, 0.6) is 5.75 Å². The number of aryl methyl sites for hydroxylation is 1. The molecule has 1 heterocycles. The van der Waals surface area contributed by atoms with Gasteiger partial charge in [-0.2, -0.15) is 0 Å². The zero-order valence-corrected chi connectivity index (χ0v) is 18.3. The van der Waals surface area contributed by atoms with Crippen LogP contribution in [0.4, 0.5) is 5.69 Å². The number of hydrogen-bond acceptors (Lipinski definition) is 6. The summed E-state index contributed by atoms with van der Waals surface area (Å²) in [5.41, 5.74) is 4.52. The van der Waals surface area contributed by atoms with Crippen molar-refractivity contribution < 1.29 is 5.11 Å². The number of rotatable bonds is 6. The van der Waals surface area contributed by atoms with Gasteiger partial charge in [0.1, 0.15) is 5.75 Å². The van der Waals surface area contributed by atoms with Gasteiger partial charge in [0.25, 0.3) is 0 Å². The second-order valence-corrected chi connectivity index (χ2v) is 8.43. The Kier molecular flexibility index (Phi) is 5.47. The molecule has 1 aromatic heterocycles. The van der Waals surface area contributed by atoms with Gasteiger partial charge in [0.2, 0.25) is 5.16 Å². The second-order valence-electron chi connectivity index (χ2n) is 7.42. The van der Waals surface area contributed by atoms with E-state index in [0.717, 1.165) is 16.5 Å². The van der Waals surface area contributed by atoms with Gasteiger partial charge in [-0.15, -0.1) is 5.10 Å². The van der Waals surface area contributed by atoms with E-state index >= 15 is 0 Å². The molecule has 4 aromatic carbocycles. The van der Waals surface area contributed by atoms with E-state index in [1.165, 1.54) is 28.5 Å². The molecule has 0 unspecified atom stereocenters. The summed E-state index contributed by atoms with van der Waals surface area (Å²) in [6.45, 7) is 0.666. The predicted molar refractivity (Wildman–Crippen MR) is 128 cm³/mol. The number of tetrazole rings is 1. The van der Waals surface area contributed by atoms with Crippen LogP contribution in [0.3, 0.4) is 0 Å². The molecule has 6 nitrogen and oxygen atoms in total. The lowest BCUT2D eigenvalue weighted by Crippen LogP contribution is -2.01. The molecule has 0 aliphatic heterocycles. The average molecular weight is 440 g/mol. The lowest BCUT2D eigenvalue weighted by atomic mass is 10.0. The van der Waals surface area contributed by atoms with Crippen LogP contribution >= 0.6 is 11.8 Å². The number of anilines is 1. The van der Waals surface area contributed by atoms with E-state index in [2.05, 4.69) is 57.2 Å². The fraction of sp³-hybridized carbons (Fsp3) is 0.0800. The van der Waals surface area contributed by atoms with Crippen molar-refractivity contribution in [3.8, 4) is 16.9 Å². The molecule has 0 radical (unpaired) electrons. The first-order chi connectivity index (χ1) is 15.7. The molecule has 0 bridgehead atoms. The third-order valence-corrected chi connectivity index (χ3v) is 6.37. The largest absolute Gasteiger partial charge is 0.506 e. The summed E-state index contributed by atoms with van der Waals surface area (Å²) in [5.74, 6) is 0.228.